The number of esters is 1. The van der Waals surface area contributed by atoms with Gasteiger partial charge in [0.05, 0.1) is 18.1 Å². The first-order valence-electron chi connectivity index (χ1n) is 20.4. The van der Waals surface area contributed by atoms with Crippen molar-refractivity contribution in [3.63, 3.8) is 0 Å². The van der Waals surface area contributed by atoms with Crippen molar-refractivity contribution >= 4 is 23.5 Å². The summed E-state index contributed by atoms with van der Waals surface area (Å²) in [7, 11) is 3.17. The zero-order chi connectivity index (χ0) is 38.9. The van der Waals surface area contributed by atoms with E-state index in [0.717, 1.165) is 38.5 Å². The van der Waals surface area contributed by atoms with Crippen LogP contribution in [0.4, 0.5) is 4.79 Å². The third kappa shape index (κ3) is 6.28. The van der Waals surface area contributed by atoms with Gasteiger partial charge >= 0.3 is 12.1 Å². The second-order valence-electron chi connectivity index (χ2n) is 20.1. The number of nitrogens with one attached hydrogen (secondary N) is 1. The minimum absolute atomic E-state index is 0.00722. The molecule has 0 aliphatic heterocycles. The standard InChI is InChI=1S/C46H68N2O5/c1-29(2)32-19-24-46(39(50)47-27-28-48(11)40(51)53-41(3,4)5)26-25-44(9)34(37(32)46)17-18-36-43(8)22-20-33(30-13-15-31(16-14-30)38(49)52-12)42(6,7)35(43)21-23-45(36,44)10/h13-16,20,32,34-37H,1,17-19,21-28H2,2-12H3,(H,47,50). The van der Waals surface area contributed by atoms with Crippen molar-refractivity contribution in [2.75, 3.05) is 27.2 Å². The normalized spacial score (nSPS) is 37.1. The van der Waals surface area contributed by atoms with Gasteiger partial charge in [-0.25, -0.2) is 9.59 Å². The van der Waals surface area contributed by atoms with Gasteiger partial charge in [0.25, 0.3) is 0 Å². The number of allylic oxidation sites excluding steroid dienone is 3. The van der Waals surface area contributed by atoms with Crippen molar-refractivity contribution in [3.05, 3.63) is 53.6 Å². The summed E-state index contributed by atoms with van der Waals surface area (Å²) in [4.78, 5) is 40.8. The predicted molar refractivity (Wildman–Crippen MR) is 212 cm³/mol. The van der Waals surface area contributed by atoms with Gasteiger partial charge in [0, 0.05) is 20.1 Å². The fraction of sp³-hybridized carbons (Fsp3) is 0.717. The quantitative estimate of drug-likeness (QED) is 0.223. The summed E-state index contributed by atoms with van der Waals surface area (Å²) in [6.45, 7) is 26.0. The van der Waals surface area contributed by atoms with Gasteiger partial charge in [-0.3, -0.25) is 4.79 Å². The molecule has 0 spiro atoms. The predicted octanol–water partition coefficient (Wildman–Crippen LogP) is 10.1. The molecule has 1 N–H and O–H groups in total. The molecule has 0 radical (unpaired) electrons. The number of rotatable bonds is 7. The van der Waals surface area contributed by atoms with Crippen molar-refractivity contribution in [2.24, 2.45) is 56.7 Å². The highest BCUT2D eigenvalue weighted by Gasteiger charge is 2.71. The minimum Gasteiger partial charge on any atom is -0.465 e. The fourth-order valence-electron chi connectivity index (χ4n) is 13.5. The summed E-state index contributed by atoms with van der Waals surface area (Å²) in [5.41, 5.74) is 3.95. The van der Waals surface area contributed by atoms with E-state index >= 15 is 0 Å². The van der Waals surface area contributed by atoms with E-state index in [1.165, 1.54) is 43.1 Å². The van der Waals surface area contributed by atoms with Crippen LogP contribution in [0.5, 0.6) is 0 Å². The Balaban J connectivity index is 1.25. The Hall–Kier alpha value is -3.09. The van der Waals surface area contributed by atoms with E-state index in [2.05, 4.69) is 71.6 Å². The van der Waals surface area contributed by atoms with Gasteiger partial charge < -0.3 is 19.7 Å². The highest BCUT2D eigenvalue weighted by atomic mass is 16.6. The number of methoxy groups -OCH3 is 1. The molecular formula is C46H68N2O5. The lowest BCUT2D eigenvalue weighted by molar-refractivity contribution is -0.225. The van der Waals surface area contributed by atoms with Crippen molar-refractivity contribution in [2.45, 2.75) is 126 Å². The molecule has 0 saturated heterocycles. The molecule has 4 fully saturated rings. The van der Waals surface area contributed by atoms with Crippen molar-refractivity contribution in [3.8, 4) is 0 Å². The molecule has 7 heteroatoms. The van der Waals surface area contributed by atoms with Crippen LogP contribution in [-0.2, 0) is 14.3 Å². The zero-order valence-corrected chi connectivity index (χ0v) is 34.7. The van der Waals surface area contributed by atoms with E-state index in [-0.39, 0.29) is 45.5 Å². The van der Waals surface area contributed by atoms with E-state index in [0.29, 0.717) is 42.3 Å². The van der Waals surface area contributed by atoms with Crippen LogP contribution in [0.2, 0.25) is 0 Å². The summed E-state index contributed by atoms with van der Waals surface area (Å²) in [5, 5.41) is 3.33. The Bertz CT molecular complexity index is 1650. The number of carbonyl (C=O) groups excluding carboxylic acids is 3. The summed E-state index contributed by atoms with van der Waals surface area (Å²) in [6, 6.07) is 8.01. The molecule has 9 atom stereocenters. The van der Waals surface area contributed by atoms with Crippen molar-refractivity contribution in [1.29, 1.82) is 0 Å². The van der Waals surface area contributed by atoms with Crippen LogP contribution in [0, 0.1) is 56.7 Å². The molecule has 1 aromatic carbocycles. The number of amides is 2. The van der Waals surface area contributed by atoms with E-state index in [9.17, 15) is 14.4 Å². The molecule has 5 aliphatic carbocycles. The first-order valence-corrected chi connectivity index (χ1v) is 20.4. The second-order valence-corrected chi connectivity index (χ2v) is 20.1. The van der Waals surface area contributed by atoms with E-state index in [1.54, 1.807) is 11.9 Å². The molecule has 6 rings (SSSR count). The van der Waals surface area contributed by atoms with Crippen LogP contribution in [-0.4, -0.2) is 55.7 Å². The Labute approximate surface area is 320 Å². The van der Waals surface area contributed by atoms with Gasteiger partial charge in [-0.05, 0) is 160 Å². The highest BCUT2D eigenvalue weighted by Crippen LogP contribution is 2.77. The van der Waals surface area contributed by atoms with E-state index in [4.69, 9.17) is 9.47 Å². The third-order valence-electron chi connectivity index (χ3n) is 16.2. The first-order chi connectivity index (χ1) is 24.7. The number of fused-ring (bicyclic) bond motifs is 7. The lowest BCUT2D eigenvalue weighted by Crippen LogP contribution is -2.66. The van der Waals surface area contributed by atoms with E-state index < -0.39 is 11.0 Å². The monoisotopic (exact) mass is 729 g/mol. The van der Waals surface area contributed by atoms with Crippen LogP contribution in [0.15, 0.2) is 42.5 Å². The molecule has 9 unspecified atom stereocenters. The molecule has 0 heterocycles. The maximum absolute atomic E-state index is 14.5. The lowest BCUT2D eigenvalue weighted by Gasteiger charge is -2.72. The van der Waals surface area contributed by atoms with E-state index in [1.807, 2.05) is 32.9 Å². The molecule has 0 aromatic heterocycles. The summed E-state index contributed by atoms with van der Waals surface area (Å²) >= 11 is 0. The minimum atomic E-state index is -0.559. The van der Waals surface area contributed by atoms with Crippen LogP contribution >= 0.6 is 0 Å². The summed E-state index contributed by atoms with van der Waals surface area (Å²) in [5.74, 6) is 2.14. The van der Waals surface area contributed by atoms with Gasteiger partial charge in [-0.15, -0.1) is 0 Å². The molecule has 0 bridgehead atoms. The smallest absolute Gasteiger partial charge is 0.410 e. The first kappa shape index (κ1) is 39.6. The number of hydrogen-bond acceptors (Lipinski definition) is 5. The molecule has 7 nitrogen and oxygen atoms in total. The maximum atomic E-state index is 14.5. The van der Waals surface area contributed by atoms with Gasteiger partial charge in [0.2, 0.25) is 5.91 Å². The lowest BCUT2D eigenvalue weighted by atomic mass is 9.32. The number of ether oxygens (including phenoxy) is 2. The highest BCUT2D eigenvalue weighted by molar-refractivity contribution is 5.90. The SMILES string of the molecule is C=C(C)C1CCC2(C(=O)NCCN(C)C(=O)OC(C)(C)C)CCC3(C)C(CCC4C5(C)CC=C(c6ccc(C(=O)OC)cc6)C(C)(C)C5CCC43C)C12. The Kier molecular flexibility index (Phi) is 10.1. The average molecular weight is 729 g/mol. The molecular weight excluding hydrogens is 661 g/mol. The number of hydrogen-bond donors (Lipinski definition) is 1. The largest absolute Gasteiger partial charge is 0.465 e. The Morgan fingerprint density at radius 2 is 1.58 bits per heavy atom. The molecule has 4 saturated carbocycles. The number of nitrogens with zero attached hydrogens (tertiary/aromatic N) is 1. The molecule has 292 valence electrons. The van der Waals surface area contributed by atoms with Crippen LogP contribution in [0.3, 0.4) is 0 Å². The van der Waals surface area contributed by atoms with Gasteiger partial charge in [-0.2, -0.15) is 0 Å². The molecule has 53 heavy (non-hydrogen) atoms. The Morgan fingerprint density at radius 1 is 0.906 bits per heavy atom. The summed E-state index contributed by atoms with van der Waals surface area (Å²) in [6.07, 6.45) is 11.9. The van der Waals surface area contributed by atoms with Crippen LogP contribution < -0.4 is 5.32 Å². The summed E-state index contributed by atoms with van der Waals surface area (Å²) < 4.78 is 10.5. The molecule has 5 aliphatic rings. The fourth-order valence-corrected chi connectivity index (χ4v) is 13.5. The van der Waals surface area contributed by atoms with Crippen molar-refractivity contribution < 1.29 is 23.9 Å². The molecule has 2 amide bonds. The topological polar surface area (TPSA) is 84.9 Å². The number of carbonyl (C=O) groups is 3. The van der Waals surface area contributed by atoms with Crippen LogP contribution in [0.1, 0.15) is 136 Å². The number of likely N-dealkylation sites (N-methyl/N-ethyl adjacent to an activating group) is 1. The van der Waals surface area contributed by atoms with Gasteiger partial charge in [-0.1, -0.05) is 65.0 Å². The molecule has 1 aromatic rings. The van der Waals surface area contributed by atoms with Gasteiger partial charge in [0.1, 0.15) is 5.60 Å². The van der Waals surface area contributed by atoms with Crippen molar-refractivity contribution in [1.82, 2.24) is 10.2 Å². The van der Waals surface area contributed by atoms with Crippen LogP contribution in [0.25, 0.3) is 5.57 Å². The average Bonchev–Trinajstić information content (AvgIpc) is 3.49. The third-order valence-corrected chi connectivity index (χ3v) is 16.2. The second kappa shape index (κ2) is 13.6. The van der Waals surface area contributed by atoms with Gasteiger partial charge in [0.15, 0.2) is 0 Å². The maximum Gasteiger partial charge on any atom is 0.410 e. The Morgan fingerprint density at radius 3 is 2.21 bits per heavy atom. The zero-order valence-electron chi connectivity index (χ0n) is 34.7. The number of benzene rings is 1.